The third kappa shape index (κ3) is 5.65. The van der Waals surface area contributed by atoms with Crippen molar-refractivity contribution in [2.75, 3.05) is 49.5 Å². The second-order valence-electron chi connectivity index (χ2n) is 8.69. The highest BCUT2D eigenvalue weighted by Gasteiger charge is 2.29. The van der Waals surface area contributed by atoms with E-state index < -0.39 is 0 Å². The molecule has 2 heterocycles. The number of nitrogens with zero attached hydrogens (tertiary/aromatic N) is 2. The van der Waals surface area contributed by atoms with Crippen LogP contribution in [0.25, 0.3) is 0 Å². The van der Waals surface area contributed by atoms with E-state index in [1.807, 2.05) is 18.2 Å². The van der Waals surface area contributed by atoms with Gasteiger partial charge in [-0.15, -0.1) is 11.3 Å². The number of hydrogen-bond acceptors (Lipinski definition) is 6. The number of hydrogen-bond donors (Lipinski definition) is 1. The number of anilines is 2. The van der Waals surface area contributed by atoms with Crippen molar-refractivity contribution in [1.29, 1.82) is 0 Å². The zero-order valence-electron chi connectivity index (χ0n) is 19.0. The van der Waals surface area contributed by atoms with Crippen molar-refractivity contribution in [3.8, 4) is 0 Å². The third-order valence-electron chi connectivity index (χ3n) is 6.25. The Labute approximate surface area is 208 Å². The Morgan fingerprint density at radius 3 is 2.64 bits per heavy atom. The molecule has 0 bridgehead atoms. The van der Waals surface area contributed by atoms with E-state index in [1.165, 1.54) is 16.2 Å². The molecule has 1 N–H and O–H groups in total. The van der Waals surface area contributed by atoms with Gasteiger partial charge in [0.1, 0.15) is 5.00 Å². The van der Waals surface area contributed by atoms with Crippen LogP contribution in [0.15, 0.2) is 18.2 Å². The summed E-state index contributed by atoms with van der Waals surface area (Å²) < 4.78 is 5.30. The molecule has 9 heteroatoms. The van der Waals surface area contributed by atoms with Crippen molar-refractivity contribution in [3.05, 3.63) is 44.2 Å². The molecular formula is C24H29Cl2N3O3S. The van der Waals surface area contributed by atoms with Crippen molar-refractivity contribution in [1.82, 2.24) is 4.90 Å². The number of carbonyl (C=O) groups is 2. The van der Waals surface area contributed by atoms with Crippen LogP contribution in [0.3, 0.4) is 0 Å². The lowest BCUT2D eigenvalue weighted by Crippen LogP contribution is -2.48. The molecule has 1 fully saturated rings. The topological polar surface area (TPSA) is 61.9 Å². The zero-order chi connectivity index (χ0) is 23.5. The fraction of sp³-hybridized carbons (Fsp3) is 0.500. The lowest BCUT2D eigenvalue weighted by Gasteiger charge is -2.35. The van der Waals surface area contributed by atoms with Crippen LogP contribution in [-0.2, 0) is 22.4 Å². The van der Waals surface area contributed by atoms with Gasteiger partial charge in [-0.1, -0.05) is 30.1 Å². The minimum atomic E-state index is -0.338. The summed E-state index contributed by atoms with van der Waals surface area (Å²) in [5.74, 6) is 0.145. The van der Waals surface area contributed by atoms with Crippen LogP contribution in [0, 0.1) is 5.92 Å². The number of benzene rings is 1. The number of amides is 1. The van der Waals surface area contributed by atoms with Gasteiger partial charge in [0, 0.05) is 36.7 Å². The Kier molecular flexibility index (Phi) is 7.84. The molecule has 0 saturated carbocycles. The summed E-state index contributed by atoms with van der Waals surface area (Å²) in [6.45, 7) is 7.74. The van der Waals surface area contributed by atoms with Gasteiger partial charge in [-0.2, -0.15) is 0 Å². The third-order valence-corrected chi connectivity index (χ3v) is 8.16. The van der Waals surface area contributed by atoms with E-state index in [0.717, 1.165) is 56.7 Å². The van der Waals surface area contributed by atoms with Gasteiger partial charge in [-0.05, 0) is 55.9 Å². The normalized spacial score (nSPS) is 18.7. The van der Waals surface area contributed by atoms with Crippen molar-refractivity contribution in [2.45, 2.75) is 33.1 Å². The Morgan fingerprint density at radius 1 is 1.18 bits per heavy atom. The van der Waals surface area contributed by atoms with Crippen molar-refractivity contribution < 1.29 is 14.3 Å². The number of carbonyl (C=O) groups excluding carboxylic acids is 2. The minimum Gasteiger partial charge on any atom is -0.462 e. The smallest absolute Gasteiger partial charge is 0.341 e. The molecule has 33 heavy (non-hydrogen) atoms. The standard InChI is InChI=1S/C24H29Cl2N3O3S/c1-3-32-24(31)22-17-6-4-15(2)12-20(17)33-23(22)27-21(30)14-28-8-10-29(11-9-28)16-5-7-18(25)19(26)13-16/h5,7,13,15H,3-4,6,8-12,14H2,1-2H3,(H,27,30). The Morgan fingerprint density at radius 2 is 1.94 bits per heavy atom. The van der Waals surface area contributed by atoms with Gasteiger partial charge in [0.25, 0.3) is 0 Å². The van der Waals surface area contributed by atoms with Gasteiger partial charge in [-0.25, -0.2) is 4.79 Å². The van der Waals surface area contributed by atoms with Crippen LogP contribution >= 0.6 is 34.5 Å². The van der Waals surface area contributed by atoms with Gasteiger partial charge in [0.05, 0.1) is 28.8 Å². The van der Waals surface area contributed by atoms with Crippen LogP contribution in [0.5, 0.6) is 0 Å². The van der Waals surface area contributed by atoms with Crippen LogP contribution in [0.4, 0.5) is 10.7 Å². The number of halogens is 2. The number of ether oxygens (including phenoxy) is 1. The summed E-state index contributed by atoms with van der Waals surface area (Å²) >= 11 is 13.7. The van der Waals surface area contributed by atoms with E-state index in [0.29, 0.717) is 33.1 Å². The Bertz CT molecular complexity index is 1030. The maximum absolute atomic E-state index is 12.9. The van der Waals surface area contributed by atoms with Gasteiger partial charge in [0.15, 0.2) is 0 Å². The monoisotopic (exact) mass is 509 g/mol. The largest absolute Gasteiger partial charge is 0.462 e. The first-order valence-corrected chi connectivity index (χ1v) is 13.0. The molecule has 1 saturated heterocycles. The van der Waals surface area contributed by atoms with Crippen molar-refractivity contribution in [2.24, 2.45) is 5.92 Å². The molecule has 1 unspecified atom stereocenters. The highest BCUT2D eigenvalue weighted by atomic mass is 35.5. The molecule has 1 amide bonds. The number of fused-ring (bicyclic) bond motifs is 1. The predicted octanol–water partition coefficient (Wildman–Crippen LogP) is 5.12. The maximum Gasteiger partial charge on any atom is 0.341 e. The summed E-state index contributed by atoms with van der Waals surface area (Å²) in [4.78, 5) is 31.1. The second-order valence-corrected chi connectivity index (χ2v) is 10.6. The van der Waals surface area contributed by atoms with E-state index in [2.05, 4.69) is 22.0 Å². The summed E-state index contributed by atoms with van der Waals surface area (Å²) in [6.07, 6.45) is 2.85. The first kappa shape index (κ1) is 24.3. The van der Waals surface area contributed by atoms with Crippen LogP contribution in [-0.4, -0.2) is 56.1 Å². The molecule has 2 aromatic rings. The molecule has 0 spiro atoms. The Hall–Kier alpha value is -1.80. The van der Waals surface area contributed by atoms with Gasteiger partial charge in [0.2, 0.25) is 5.91 Å². The molecule has 1 atom stereocenters. The van der Waals surface area contributed by atoms with Crippen molar-refractivity contribution in [3.63, 3.8) is 0 Å². The fourth-order valence-corrected chi connectivity index (χ4v) is 6.18. The lowest BCUT2D eigenvalue weighted by atomic mass is 9.88. The van der Waals surface area contributed by atoms with Gasteiger partial charge in [-0.3, -0.25) is 9.69 Å². The quantitative estimate of drug-likeness (QED) is 0.547. The fourth-order valence-electron chi connectivity index (χ4n) is 4.47. The molecule has 2 aliphatic rings. The average Bonchev–Trinajstić information content (AvgIpc) is 3.13. The predicted molar refractivity (Wildman–Crippen MR) is 135 cm³/mol. The maximum atomic E-state index is 12.9. The van der Waals surface area contributed by atoms with Gasteiger partial charge < -0.3 is 15.0 Å². The summed E-state index contributed by atoms with van der Waals surface area (Å²) in [5.41, 5.74) is 2.65. The SMILES string of the molecule is CCOC(=O)c1c(NC(=O)CN2CCN(c3ccc(Cl)c(Cl)c3)CC2)sc2c1CCC(C)C2. The number of rotatable bonds is 6. The number of piperazine rings is 1. The molecular weight excluding hydrogens is 481 g/mol. The van der Waals surface area contributed by atoms with E-state index in [9.17, 15) is 9.59 Å². The van der Waals surface area contributed by atoms with Crippen LogP contribution < -0.4 is 10.2 Å². The van der Waals surface area contributed by atoms with E-state index in [1.54, 1.807) is 6.92 Å². The zero-order valence-corrected chi connectivity index (χ0v) is 21.3. The molecule has 0 radical (unpaired) electrons. The second kappa shape index (κ2) is 10.6. The van der Waals surface area contributed by atoms with Crippen molar-refractivity contribution >= 4 is 57.1 Å². The average molecular weight is 510 g/mol. The molecule has 1 aromatic heterocycles. The summed E-state index contributed by atoms with van der Waals surface area (Å²) in [7, 11) is 0. The van der Waals surface area contributed by atoms with E-state index in [4.69, 9.17) is 27.9 Å². The number of thiophene rings is 1. The van der Waals surface area contributed by atoms with Crippen LogP contribution in [0.1, 0.15) is 41.1 Å². The minimum absolute atomic E-state index is 0.102. The first-order valence-electron chi connectivity index (χ1n) is 11.4. The lowest BCUT2D eigenvalue weighted by molar-refractivity contribution is -0.117. The molecule has 1 aromatic carbocycles. The summed E-state index contributed by atoms with van der Waals surface area (Å²) in [5, 5.41) is 4.74. The van der Waals surface area contributed by atoms with Gasteiger partial charge >= 0.3 is 5.97 Å². The summed E-state index contributed by atoms with van der Waals surface area (Å²) in [6, 6.07) is 5.65. The molecule has 6 nitrogen and oxygen atoms in total. The van der Waals surface area contributed by atoms with Crippen LogP contribution in [0.2, 0.25) is 10.0 Å². The highest BCUT2D eigenvalue weighted by Crippen LogP contribution is 2.40. The number of esters is 1. The molecule has 178 valence electrons. The molecule has 4 rings (SSSR count). The Balaban J connectivity index is 1.38. The first-order chi connectivity index (χ1) is 15.9. The highest BCUT2D eigenvalue weighted by molar-refractivity contribution is 7.17. The molecule has 1 aliphatic heterocycles. The van der Waals surface area contributed by atoms with E-state index >= 15 is 0 Å². The number of nitrogens with one attached hydrogen (secondary N) is 1. The van der Waals surface area contributed by atoms with E-state index in [-0.39, 0.29) is 18.4 Å². The molecule has 1 aliphatic carbocycles.